The number of nitrogens with zero attached hydrogens (tertiary/aromatic N) is 3. The topological polar surface area (TPSA) is 87.5 Å². The van der Waals surface area contributed by atoms with Gasteiger partial charge in [-0.25, -0.2) is 4.68 Å². The Bertz CT molecular complexity index is 873. The molecular formula is C22H28N4O3. The van der Waals surface area contributed by atoms with Crippen LogP contribution in [0.4, 0.5) is 5.82 Å². The number of aromatic nitrogens is 2. The highest BCUT2D eigenvalue weighted by Gasteiger charge is 2.35. The Hall–Kier alpha value is -2.67. The van der Waals surface area contributed by atoms with Gasteiger partial charge in [0.25, 0.3) is 0 Å². The highest BCUT2D eigenvalue weighted by Crippen LogP contribution is 2.35. The maximum Gasteiger partial charge on any atom is 0.308 e. The molecule has 2 aliphatic rings. The van der Waals surface area contributed by atoms with Crippen molar-refractivity contribution in [3.05, 3.63) is 42.1 Å². The van der Waals surface area contributed by atoms with E-state index in [2.05, 4.69) is 5.32 Å². The fraction of sp³-hybridized carbons (Fsp3) is 0.500. The SMILES string of the molecule is C[C@@H]1CN(CC(=O)Nc2cc(C3CCCC3)nn2-c2ccccc2)C[C@H]1C(=O)O. The summed E-state index contributed by atoms with van der Waals surface area (Å²) in [6.45, 7) is 3.15. The van der Waals surface area contributed by atoms with Crippen LogP contribution < -0.4 is 5.32 Å². The third kappa shape index (κ3) is 4.34. The van der Waals surface area contributed by atoms with Gasteiger partial charge in [0.05, 0.1) is 23.8 Å². The molecule has 4 rings (SSSR count). The third-order valence-corrected chi connectivity index (χ3v) is 6.14. The molecule has 2 heterocycles. The number of anilines is 1. The number of rotatable bonds is 6. The van der Waals surface area contributed by atoms with Crippen LogP contribution in [-0.2, 0) is 9.59 Å². The van der Waals surface area contributed by atoms with E-state index in [1.165, 1.54) is 12.8 Å². The Balaban J connectivity index is 1.50. The minimum atomic E-state index is -0.788. The number of amides is 1. The second-order valence-electron chi connectivity index (χ2n) is 8.35. The standard InChI is InChI=1S/C22H28N4O3/c1-15-12-25(13-18(15)22(28)29)14-21(27)23-20-11-19(16-7-5-6-8-16)24-26(20)17-9-3-2-4-10-17/h2-4,9-11,15-16,18H,5-8,12-14H2,1H3,(H,23,27)(H,28,29)/t15-,18-/m1/s1. The minimum absolute atomic E-state index is 0.0455. The van der Waals surface area contributed by atoms with Crippen LogP contribution in [0, 0.1) is 11.8 Å². The number of benzene rings is 1. The summed E-state index contributed by atoms with van der Waals surface area (Å²) in [5.41, 5.74) is 1.94. The summed E-state index contributed by atoms with van der Waals surface area (Å²) in [6.07, 6.45) is 4.73. The van der Waals surface area contributed by atoms with Gasteiger partial charge in [0, 0.05) is 25.1 Å². The molecule has 0 bridgehead atoms. The highest BCUT2D eigenvalue weighted by molar-refractivity contribution is 5.92. The molecule has 1 aromatic heterocycles. The molecule has 2 atom stereocenters. The smallest absolute Gasteiger partial charge is 0.308 e. The minimum Gasteiger partial charge on any atom is -0.481 e. The van der Waals surface area contributed by atoms with Crippen LogP contribution in [0.15, 0.2) is 36.4 Å². The third-order valence-electron chi connectivity index (χ3n) is 6.14. The van der Waals surface area contributed by atoms with Crippen LogP contribution >= 0.6 is 0 Å². The summed E-state index contributed by atoms with van der Waals surface area (Å²) in [4.78, 5) is 26.0. The molecule has 0 spiro atoms. The number of likely N-dealkylation sites (tertiary alicyclic amines) is 1. The summed E-state index contributed by atoms with van der Waals surface area (Å²) in [6, 6.07) is 11.8. The molecule has 2 fully saturated rings. The lowest BCUT2D eigenvalue weighted by Gasteiger charge is -2.15. The van der Waals surface area contributed by atoms with Crippen LogP contribution in [0.25, 0.3) is 5.69 Å². The van der Waals surface area contributed by atoms with E-state index < -0.39 is 11.9 Å². The van der Waals surface area contributed by atoms with Gasteiger partial charge in [0.2, 0.25) is 5.91 Å². The number of carboxylic acids is 1. The zero-order chi connectivity index (χ0) is 20.4. The van der Waals surface area contributed by atoms with Gasteiger partial charge in [-0.2, -0.15) is 5.10 Å². The van der Waals surface area contributed by atoms with E-state index in [1.807, 2.05) is 48.2 Å². The molecule has 1 amide bonds. The van der Waals surface area contributed by atoms with Crippen LogP contribution in [-0.4, -0.2) is 51.3 Å². The number of nitrogens with one attached hydrogen (secondary N) is 1. The Labute approximate surface area is 170 Å². The largest absolute Gasteiger partial charge is 0.481 e. The molecule has 1 saturated heterocycles. The zero-order valence-corrected chi connectivity index (χ0v) is 16.8. The Morgan fingerprint density at radius 1 is 1.17 bits per heavy atom. The predicted octanol–water partition coefficient (Wildman–Crippen LogP) is 3.12. The number of hydrogen-bond donors (Lipinski definition) is 2. The molecule has 1 aliphatic carbocycles. The number of aliphatic carboxylic acids is 1. The number of carbonyl (C=O) groups excluding carboxylic acids is 1. The first kappa shape index (κ1) is 19.6. The van der Waals surface area contributed by atoms with Gasteiger partial charge < -0.3 is 10.4 Å². The van der Waals surface area contributed by atoms with Crippen molar-refractivity contribution in [3.8, 4) is 5.69 Å². The monoisotopic (exact) mass is 396 g/mol. The number of hydrogen-bond acceptors (Lipinski definition) is 4. The number of carbonyl (C=O) groups is 2. The summed E-state index contributed by atoms with van der Waals surface area (Å²) >= 11 is 0. The first-order valence-electron chi connectivity index (χ1n) is 10.4. The zero-order valence-electron chi connectivity index (χ0n) is 16.8. The number of para-hydroxylation sites is 1. The second-order valence-corrected chi connectivity index (χ2v) is 8.35. The lowest BCUT2D eigenvalue weighted by Crippen LogP contribution is -2.32. The van der Waals surface area contributed by atoms with E-state index in [0.29, 0.717) is 24.8 Å². The van der Waals surface area contributed by atoms with Gasteiger partial charge >= 0.3 is 5.97 Å². The molecule has 1 saturated carbocycles. The normalized spacial score (nSPS) is 22.8. The van der Waals surface area contributed by atoms with Crippen molar-refractivity contribution < 1.29 is 14.7 Å². The summed E-state index contributed by atoms with van der Waals surface area (Å²) in [7, 11) is 0. The summed E-state index contributed by atoms with van der Waals surface area (Å²) in [5.74, 6) is -0.172. The van der Waals surface area contributed by atoms with Crippen LogP contribution in [0.5, 0.6) is 0 Å². The van der Waals surface area contributed by atoms with E-state index in [4.69, 9.17) is 5.10 Å². The van der Waals surface area contributed by atoms with Gasteiger partial charge in [-0.1, -0.05) is 38.0 Å². The quantitative estimate of drug-likeness (QED) is 0.783. The van der Waals surface area contributed by atoms with E-state index in [-0.39, 0.29) is 18.4 Å². The second kappa shape index (κ2) is 8.37. The highest BCUT2D eigenvalue weighted by atomic mass is 16.4. The van der Waals surface area contributed by atoms with E-state index in [9.17, 15) is 14.7 Å². The molecule has 1 aromatic carbocycles. The molecule has 2 aromatic rings. The predicted molar refractivity (Wildman–Crippen MR) is 110 cm³/mol. The molecule has 29 heavy (non-hydrogen) atoms. The first-order chi connectivity index (χ1) is 14.0. The van der Waals surface area contributed by atoms with Crippen molar-refractivity contribution in [1.82, 2.24) is 14.7 Å². The van der Waals surface area contributed by atoms with Crippen molar-refractivity contribution in [2.45, 2.75) is 38.5 Å². The van der Waals surface area contributed by atoms with Gasteiger partial charge in [0.1, 0.15) is 5.82 Å². The van der Waals surface area contributed by atoms with E-state index >= 15 is 0 Å². The fourth-order valence-electron chi connectivity index (χ4n) is 4.58. The molecule has 7 nitrogen and oxygen atoms in total. The number of carboxylic acid groups (broad SMARTS) is 1. The first-order valence-corrected chi connectivity index (χ1v) is 10.4. The molecule has 1 aliphatic heterocycles. The Morgan fingerprint density at radius 3 is 2.55 bits per heavy atom. The van der Waals surface area contributed by atoms with Crippen LogP contribution in [0.1, 0.15) is 44.2 Å². The maximum atomic E-state index is 12.7. The average molecular weight is 396 g/mol. The van der Waals surface area contributed by atoms with Crippen molar-refractivity contribution in [2.24, 2.45) is 11.8 Å². The lowest BCUT2D eigenvalue weighted by atomic mass is 9.99. The van der Waals surface area contributed by atoms with Crippen molar-refractivity contribution in [3.63, 3.8) is 0 Å². The molecule has 0 radical (unpaired) electrons. The van der Waals surface area contributed by atoms with Gasteiger partial charge in [-0.05, 0) is 30.9 Å². The van der Waals surface area contributed by atoms with Gasteiger partial charge in [0.15, 0.2) is 0 Å². The molecule has 7 heteroatoms. The Kier molecular flexibility index (Phi) is 5.67. The van der Waals surface area contributed by atoms with Crippen LogP contribution in [0.3, 0.4) is 0 Å². The molecular weight excluding hydrogens is 368 g/mol. The van der Waals surface area contributed by atoms with E-state index in [0.717, 1.165) is 24.2 Å². The van der Waals surface area contributed by atoms with Crippen LogP contribution in [0.2, 0.25) is 0 Å². The van der Waals surface area contributed by atoms with Crippen molar-refractivity contribution in [1.29, 1.82) is 0 Å². The lowest BCUT2D eigenvalue weighted by molar-refractivity contribution is -0.142. The summed E-state index contributed by atoms with van der Waals surface area (Å²) in [5, 5.41) is 17.1. The fourth-order valence-corrected chi connectivity index (χ4v) is 4.58. The summed E-state index contributed by atoms with van der Waals surface area (Å²) < 4.78 is 1.80. The van der Waals surface area contributed by atoms with Gasteiger partial charge in [-0.3, -0.25) is 14.5 Å². The van der Waals surface area contributed by atoms with Crippen molar-refractivity contribution >= 4 is 17.7 Å². The average Bonchev–Trinajstić information content (AvgIpc) is 3.42. The molecule has 0 unspecified atom stereocenters. The molecule has 2 N–H and O–H groups in total. The maximum absolute atomic E-state index is 12.7. The Morgan fingerprint density at radius 2 is 1.90 bits per heavy atom. The van der Waals surface area contributed by atoms with E-state index in [1.54, 1.807) is 4.68 Å². The van der Waals surface area contributed by atoms with Gasteiger partial charge in [-0.15, -0.1) is 0 Å². The molecule has 154 valence electrons. The van der Waals surface area contributed by atoms with Crippen molar-refractivity contribution in [2.75, 3.05) is 25.0 Å².